The summed E-state index contributed by atoms with van der Waals surface area (Å²) in [4.78, 5) is 13.8. The first-order valence-electron chi connectivity index (χ1n) is 10.2. The molecule has 0 radical (unpaired) electrons. The van der Waals surface area contributed by atoms with Crippen molar-refractivity contribution in [2.75, 3.05) is 38.6 Å². The molecule has 1 heterocycles. The first-order valence-corrected chi connectivity index (χ1v) is 11.8. The SMILES string of the molecule is Cc1ccc(Oc2ccc(S(=O)(=O)CC(O)(CN3CCOCC3)C(=O)NO)cc2)cc1C.Cl. The molecule has 0 spiro atoms. The number of carbonyl (C=O) groups is 1. The maximum absolute atomic E-state index is 13.0. The number of hydroxylamine groups is 1. The molecule has 0 saturated carbocycles. The molecule has 1 fully saturated rings. The van der Waals surface area contributed by atoms with Gasteiger partial charge < -0.3 is 14.6 Å². The predicted octanol–water partition coefficient (Wildman–Crippen LogP) is 1.86. The van der Waals surface area contributed by atoms with E-state index < -0.39 is 27.1 Å². The molecule has 1 saturated heterocycles. The van der Waals surface area contributed by atoms with E-state index in [9.17, 15) is 18.3 Å². The Hall–Kier alpha value is -2.21. The van der Waals surface area contributed by atoms with Crippen LogP contribution in [0.1, 0.15) is 11.1 Å². The summed E-state index contributed by atoms with van der Waals surface area (Å²) in [7, 11) is -4.06. The molecule has 0 bridgehead atoms. The highest BCUT2D eigenvalue weighted by molar-refractivity contribution is 7.91. The second-order valence-electron chi connectivity index (χ2n) is 7.94. The lowest BCUT2D eigenvalue weighted by Gasteiger charge is -2.34. The number of halogens is 1. The molecule has 2 aromatic rings. The molecule has 0 aliphatic carbocycles. The number of hydrogen-bond donors (Lipinski definition) is 3. The van der Waals surface area contributed by atoms with Crippen molar-refractivity contribution < 1.29 is 33.0 Å². The summed E-state index contributed by atoms with van der Waals surface area (Å²) in [6.45, 7) is 5.40. The Kier molecular flexibility index (Phi) is 9.24. The van der Waals surface area contributed by atoms with Gasteiger partial charge in [0.15, 0.2) is 15.4 Å². The largest absolute Gasteiger partial charge is 0.457 e. The molecule has 11 heteroatoms. The number of nitrogens with zero attached hydrogens (tertiary/aromatic N) is 1. The number of hydrogen-bond acceptors (Lipinski definition) is 8. The zero-order valence-electron chi connectivity index (χ0n) is 18.5. The maximum atomic E-state index is 13.0. The predicted molar refractivity (Wildman–Crippen MR) is 124 cm³/mol. The summed E-state index contributed by atoms with van der Waals surface area (Å²) in [5.41, 5.74) is 1.26. The van der Waals surface area contributed by atoms with E-state index in [4.69, 9.17) is 14.7 Å². The average molecular weight is 501 g/mol. The topological polar surface area (TPSA) is 125 Å². The van der Waals surface area contributed by atoms with Crippen LogP contribution >= 0.6 is 12.4 Å². The van der Waals surface area contributed by atoms with Crippen LogP contribution in [0, 0.1) is 13.8 Å². The monoisotopic (exact) mass is 500 g/mol. The van der Waals surface area contributed by atoms with Gasteiger partial charge in [-0.25, -0.2) is 13.9 Å². The van der Waals surface area contributed by atoms with Crippen LogP contribution in [-0.4, -0.2) is 73.7 Å². The van der Waals surface area contributed by atoms with Gasteiger partial charge in [-0.2, -0.15) is 0 Å². The molecule has 1 aliphatic rings. The fraction of sp³-hybridized carbons (Fsp3) is 0.409. The Labute approximate surface area is 199 Å². The minimum Gasteiger partial charge on any atom is -0.457 e. The van der Waals surface area contributed by atoms with Gasteiger partial charge in [0.1, 0.15) is 11.5 Å². The molecule has 182 valence electrons. The highest BCUT2D eigenvalue weighted by Gasteiger charge is 2.43. The van der Waals surface area contributed by atoms with Crippen molar-refractivity contribution in [3.05, 3.63) is 53.6 Å². The number of aliphatic hydroxyl groups is 1. The molecule has 9 nitrogen and oxygen atoms in total. The normalized spacial score (nSPS) is 16.4. The molecule has 1 unspecified atom stereocenters. The first-order chi connectivity index (χ1) is 15.1. The Morgan fingerprint density at radius 3 is 2.27 bits per heavy atom. The number of sulfone groups is 1. The second-order valence-corrected chi connectivity index (χ2v) is 9.93. The number of β-amino-alcohol motifs (C(OH)–C–C–N with tert-alkyl or cyclic N) is 1. The summed E-state index contributed by atoms with van der Waals surface area (Å²) < 4.78 is 36.9. The number of benzene rings is 2. The Bertz CT molecular complexity index is 1060. The van der Waals surface area contributed by atoms with Crippen molar-refractivity contribution in [3.8, 4) is 11.5 Å². The minimum atomic E-state index is -4.06. The lowest BCUT2D eigenvalue weighted by molar-refractivity contribution is -0.149. The fourth-order valence-corrected chi connectivity index (χ4v) is 5.01. The molecule has 0 aromatic heterocycles. The molecule has 1 atom stereocenters. The lowest BCUT2D eigenvalue weighted by Crippen LogP contribution is -2.58. The van der Waals surface area contributed by atoms with Gasteiger partial charge in [-0.15, -0.1) is 12.4 Å². The van der Waals surface area contributed by atoms with Crippen LogP contribution in [0.3, 0.4) is 0 Å². The van der Waals surface area contributed by atoms with E-state index in [0.29, 0.717) is 37.8 Å². The van der Waals surface area contributed by atoms with Crippen LogP contribution in [0.15, 0.2) is 47.4 Å². The Morgan fingerprint density at radius 2 is 1.70 bits per heavy atom. The molecule has 1 amide bonds. The van der Waals surface area contributed by atoms with Crippen LogP contribution in [0.25, 0.3) is 0 Å². The van der Waals surface area contributed by atoms with Crippen LogP contribution < -0.4 is 10.2 Å². The molecule has 2 aromatic carbocycles. The number of carbonyl (C=O) groups excluding carboxylic acids is 1. The van der Waals surface area contributed by atoms with Gasteiger partial charge in [0.05, 0.1) is 23.9 Å². The summed E-state index contributed by atoms with van der Waals surface area (Å²) in [6, 6.07) is 11.4. The van der Waals surface area contributed by atoms with Crippen molar-refractivity contribution in [1.29, 1.82) is 0 Å². The molecule has 3 rings (SSSR count). The fourth-order valence-electron chi connectivity index (χ4n) is 3.44. The van der Waals surface area contributed by atoms with Crippen molar-refractivity contribution in [2.24, 2.45) is 0 Å². The summed E-state index contributed by atoms with van der Waals surface area (Å²) >= 11 is 0. The Morgan fingerprint density at radius 1 is 1.09 bits per heavy atom. The molecular formula is C22H29ClN2O7S. The van der Waals surface area contributed by atoms with Gasteiger partial charge in [-0.05, 0) is 61.4 Å². The van der Waals surface area contributed by atoms with Crippen LogP contribution in [0.4, 0.5) is 0 Å². The van der Waals surface area contributed by atoms with E-state index in [-0.39, 0.29) is 23.8 Å². The van der Waals surface area contributed by atoms with E-state index in [1.807, 2.05) is 32.0 Å². The van der Waals surface area contributed by atoms with Crippen LogP contribution in [-0.2, 0) is 19.4 Å². The molecule has 3 N–H and O–H groups in total. The van der Waals surface area contributed by atoms with Crippen molar-refractivity contribution >= 4 is 28.2 Å². The number of ether oxygens (including phenoxy) is 2. The summed E-state index contributed by atoms with van der Waals surface area (Å²) in [5, 5.41) is 19.9. The van der Waals surface area contributed by atoms with Gasteiger partial charge in [0, 0.05) is 19.6 Å². The van der Waals surface area contributed by atoms with Crippen LogP contribution in [0.2, 0.25) is 0 Å². The van der Waals surface area contributed by atoms with Gasteiger partial charge in [-0.1, -0.05) is 6.07 Å². The van der Waals surface area contributed by atoms with Gasteiger partial charge in [-0.3, -0.25) is 14.9 Å². The zero-order valence-corrected chi connectivity index (χ0v) is 20.1. The number of amides is 1. The summed E-state index contributed by atoms with van der Waals surface area (Å²) in [6.07, 6.45) is 0. The standard InChI is InChI=1S/C22H28N2O7S.ClH/c1-16-3-4-19(13-17(16)2)31-18-5-7-20(8-6-18)32(28,29)15-22(26,21(25)23-27)14-24-9-11-30-12-10-24;/h3-8,13,26-27H,9-12,14-15H2,1-2H3,(H,23,25);1H. The third-order valence-electron chi connectivity index (χ3n) is 5.44. The van der Waals surface area contributed by atoms with E-state index >= 15 is 0 Å². The van der Waals surface area contributed by atoms with Gasteiger partial charge in [0.25, 0.3) is 5.91 Å². The van der Waals surface area contributed by atoms with Gasteiger partial charge >= 0.3 is 0 Å². The van der Waals surface area contributed by atoms with Crippen LogP contribution in [0.5, 0.6) is 11.5 Å². The Balaban J connectivity index is 0.00000385. The third-order valence-corrected chi connectivity index (χ3v) is 7.29. The van der Waals surface area contributed by atoms with Crippen molar-refractivity contribution in [3.63, 3.8) is 0 Å². The average Bonchev–Trinajstić information content (AvgIpc) is 2.76. The first kappa shape index (κ1) is 27.0. The summed E-state index contributed by atoms with van der Waals surface area (Å²) in [5.74, 6) is -0.990. The number of rotatable bonds is 8. The molecular weight excluding hydrogens is 472 g/mol. The van der Waals surface area contributed by atoms with E-state index in [1.165, 1.54) is 29.7 Å². The number of nitrogens with one attached hydrogen (secondary N) is 1. The number of morpholine rings is 1. The smallest absolute Gasteiger partial charge is 0.277 e. The molecule has 33 heavy (non-hydrogen) atoms. The maximum Gasteiger partial charge on any atom is 0.277 e. The highest BCUT2D eigenvalue weighted by Crippen LogP contribution is 2.26. The van der Waals surface area contributed by atoms with E-state index in [2.05, 4.69) is 0 Å². The third kappa shape index (κ3) is 6.89. The highest BCUT2D eigenvalue weighted by atomic mass is 35.5. The zero-order chi connectivity index (χ0) is 23.4. The lowest BCUT2D eigenvalue weighted by atomic mass is 10.1. The number of aryl methyl sites for hydroxylation is 2. The quantitative estimate of drug-likeness (QED) is 0.370. The van der Waals surface area contributed by atoms with E-state index in [1.54, 1.807) is 4.90 Å². The van der Waals surface area contributed by atoms with Crippen molar-refractivity contribution in [2.45, 2.75) is 24.3 Å². The van der Waals surface area contributed by atoms with E-state index in [0.717, 1.165) is 11.1 Å². The molecule has 1 aliphatic heterocycles. The minimum absolute atomic E-state index is 0. The van der Waals surface area contributed by atoms with Crippen molar-refractivity contribution in [1.82, 2.24) is 10.4 Å². The second kappa shape index (κ2) is 11.3. The van der Waals surface area contributed by atoms with Gasteiger partial charge in [0.2, 0.25) is 0 Å².